The number of unbranched alkanes of at least 4 members (excludes halogenated alkanes) is 2. The summed E-state index contributed by atoms with van der Waals surface area (Å²) in [5.41, 5.74) is 4.11. The predicted molar refractivity (Wildman–Crippen MR) is 218 cm³/mol. The number of hydrogen-bond donors (Lipinski definition) is 2. The number of rotatable bonds is 13. The second-order valence-electron chi connectivity index (χ2n) is 12.8. The number of nitrogens with zero attached hydrogens (tertiary/aromatic N) is 6. The molecule has 6 rings (SSSR count). The summed E-state index contributed by atoms with van der Waals surface area (Å²) in [7, 11) is 5.24. The first kappa shape index (κ1) is 43.6. The maximum atomic E-state index is 13.8. The average molecular weight is 802 g/mol. The quantitative estimate of drug-likeness (QED) is 0.128. The second-order valence-corrected chi connectivity index (χ2v) is 12.8. The Balaban J connectivity index is 0.00000261. The first-order valence-corrected chi connectivity index (χ1v) is 17.2. The van der Waals surface area contributed by atoms with Crippen LogP contribution in [-0.4, -0.2) is 101 Å². The van der Waals surface area contributed by atoms with Crippen molar-refractivity contribution in [2.45, 2.75) is 32.6 Å². The van der Waals surface area contributed by atoms with Crippen LogP contribution in [-0.2, 0) is 4.79 Å². The number of aromatic amines is 1. The third-order valence-electron chi connectivity index (χ3n) is 9.12. The molecule has 0 aliphatic carbocycles. The van der Waals surface area contributed by atoms with E-state index in [0.717, 1.165) is 56.5 Å². The molecule has 0 saturated carbocycles. The first-order valence-electron chi connectivity index (χ1n) is 17.2. The summed E-state index contributed by atoms with van der Waals surface area (Å²) in [6.07, 6.45) is 8.10. The molecule has 13 nitrogen and oxygen atoms in total. The normalized spacial score (nSPS) is 12.6. The van der Waals surface area contributed by atoms with Crippen LogP contribution in [0.3, 0.4) is 0 Å². The van der Waals surface area contributed by atoms with Crippen molar-refractivity contribution >= 4 is 77.4 Å². The van der Waals surface area contributed by atoms with Gasteiger partial charge in [-0.25, -0.2) is 9.97 Å². The molecule has 2 N–H and O–H groups in total. The summed E-state index contributed by atoms with van der Waals surface area (Å²) in [4.78, 5) is 57.5. The Labute approximate surface area is 333 Å². The first-order chi connectivity index (χ1) is 24.7. The average Bonchev–Trinajstić information content (AvgIpc) is 3.84. The number of piperazine rings is 1. The molecule has 54 heavy (non-hydrogen) atoms. The van der Waals surface area contributed by atoms with Crippen molar-refractivity contribution in [3.05, 3.63) is 90.0 Å². The summed E-state index contributed by atoms with van der Waals surface area (Å²) in [6, 6.07) is 16.0. The van der Waals surface area contributed by atoms with Gasteiger partial charge in [0.2, 0.25) is 11.9 Å². The van der Waals surface area contributed by atoms with Crippen LogP contribution in [0.2, 0.25) is 0 Å². The van der Waals surface area contributed by atoms with E-state index in [2.05, 4.69) is 32.2 Å². The number of benzene rings is 3. The van der Waals surface area contributed by atoms with Gasteiger partial charge in [-0.05, 0) is 81.3 Å². The zero-order valence-corrected chi connectivity index (χ0v) is 33.2. The van der Waals surface area contributed by atoms with Crippen molar-refractivity contribution < 1.29 is 23.9 Å². The molecule has 3 amide bonds. The fourth-order valence-corrected chi connectivity index (χ4v) is 6.10. The van der Waals surface area contributed by atoms with E-state index < -0.39 is 5.91 Å². The number of carbonyl (C=O) groups excluding carboxylic acids is 3. The highest BCUT2D eigenvalue weighted by molar-refractivity contribution is 6.11. The van der Waals surface area contributed by atoms with E-state index in [1.54, 1.807) is 54.6 Å². The summed E-state index contributed by atoms with van der Waals surface area (Å²) in [5, 5.41) is 2.94. The molecule has 1 fully saturated rings. The number of amides is 3. The minimum Gasteiger partial charge on any atom is -0.496 e. The Morgan fingerprint density at radius 2 is 1.72 bits per heavy atom. The van der Waals surface area contributed by atoms with E-state index >= 15 is 0 Å². The number of likely N-dealkylation sites (N-methyl/N-ethyl adjacent to an activating group) is 1. The Morgan fingerprint density at radius 3 is 2.44 bits per heavy atom. The smallest absolute Gasteiger partial charge is 0.259 e. The third-order valence-corrected chi connectivity index (χ3v) is 9.12. The summed E-state index contributed by atoms with van der Waals surface area (Å²) >= 11 is 0. The highest BCUT2D eigenvalue weighted by Gasteiger charge is 2.22. The number of anilines is 2. The molecule has 0 unspecified atom stereocenters. The monoisotopic (exact) mass is 800 g/mol. The number of imidazole rings is 2. The molecule has 16 heteroatoms. The molecule has 3 aromatic carbocycles. The highest BCUT2D eigenvalue weighted by Crippen LogP contribution is 2.32. The van der Waals surface area contributed by atoms with Crippen LogP contribution in [0, 0.1) is 6.92 Å². The van der Waals surface area contributed by atoms with Crippen LogP contribution in [0.25, 0.3) is 17.0 Å². The minimum absolute atomic E-state index is 0. The van der Waals surface area contributed by atoms with Crippen molar-refractivity contribution in [2.75, 3.05) is 64.2 Å². The molecule has 5 aromatic rings. The number of aryl methyl sites for hydroxylation is 1. The van der Waals surface area contributed by atoms with Crippen LogP contribution in [0.5, 0.6) is 11.5 Å². The minimum atomic E-state index is -0.406. The van der Waals surface area contributed by atoms with E-state index in [-0.39, 0.29) is 60.3 Å². The SMILES string of the molecule is COc1cc(C(=O)N(C)c2ccc(C)cc2OCCCCCC(=O)N2CCN(C)CC2)ccc1C(=O)Nc1cccc2[nH]c(-n3ccnc3)nc12.Cl.Cl.Cl. The molecule has 0 spiro atoms. The lowest BCUT2D eigenvalue weighted by Crippen LogP contribution is -2.47. The number of nitrogens with one attached hydrogen (secondary N) is 2. The van der Waals surface area contributed by atoms with Gasteiger partial charge in [0.25, 0.3) is 11.8 Å². The number of aromatic nitrogens is 4. The van der Waals surface area contributed by atoms with Crippen LogP contribution < -0.4 is 19.7 Å². The molecule has 1 saturated heterocycles. The maximum Gasteiger partial charge on any atom is 0.259 e. The third kappa shape index (κ3) is 10.2. The van der Waals surface area contributed by atoms with Crippen molar-refractivity contribution in [3.8, 4) is 17.4 Å². The molecule has 2 aromatic heterocycles. The summed E-state index contributed by atoms with van der Waals surface area (Å²) in [6.45, 7) is 5.88. The second kappa shape index (κ2) is 20.0. The predicted octanol–water partition coefficient (Wildman–Crippen LogP) is 6.57. The van der Waals surface area contributed by atoms with Gasteiger partial charge in [-0.1, -0.05) is 12.1 Å². The van der Waals surface area contributed by atoms with Crippen LogP contribution >= 0.6 is 37.2 Å². The Hall–Kier alpha value is -4.82. The van der Waals surface area contributed by atoms with Crippen molar-refractivity contribution in [1.82, 2.24) is 29.3 Å². The number of carbonyl (C=O) groups is 3. The van der Waals surface area contributed by atoms with Crippen LogP contribution in [0.1, 0.15) is 52.0 Å². The maximum absolute atomic E-state index is 13.8. The van der Waals surface area contributed by atoms with Crippen molar-refractivity contribution in [3.63, 3.8) is 0 Å². The van der Waals surface area contributed by atoms with Gasteiger partial charge < -0.3 is 34.5 Å². The van der Waals surface area contributed by atoms with Gasteiger partial charge >= 0.3 is 0 Å². The molecule has 1 aliphatic heterocycles. The molecule has 0 bridgehead atoms. The van der Waals surface area contributed by atoms with Gasteiger partial charge in [0.15, 0.2) is 0 Å². The molecule has 0 atom stereocenters. The van der Waals surface area contributed by atoms with Crippen molar-refractivity contribution in [2.24, 2.45) is 0 Å². The number of H-pyrrole nitrogens is 1. The summed E-state index contributed by atoms with van der Waals surface area (Å²) < 4.78 is 13.5. The molecule has 290 valence electrons. The lowest BCUT2D eigenvalue weighted by molar-refractivity contribution is -0.132. The topological polar surface area (TPSA) is 138 Å². The fourth-order valence-electron chi connectivity index (χ4n) is 6.10. The Kier molecular flexibility index (Phi) is 16.2. The van der Waals surface area contributed by atoms with E-state index in [4.69, 9.17) is 9.47 Å². The van der Waals surface area contributed by atoms with Gasteiger partial charge in [0, 0.05) is 57.6 Å². The number of fused-ring (bicyclic) bond motifs is 1. The van der Waals surface area contributed by atoms with Gasteiger partial charge in [-0.3, -0.25) is 19.0 Å². The van der Waals surface area contributed by atoms with E-state index in [9.17, 15) is 14.4 Å². The van der Waals surface area contributed by atoms with Crippen molar-refractivity contribution in [1.29, 1.82) is 0 Å². The largest absolute Gasteiger partial charge is 0.496 e. The van der Waals surface area contributed by atoms with Crippen LogP contribution in [0.4, 0.5) is 11.4 Å². The number of ether oxygens (including phenoxy) is 2. The molecule has 0 radical (unpaired) electrons. The lowest BCUT2D eigenvalue weighted by atomic mass is 10.1. The highest BCUT2D eigenvalue weighted by atomic mass is 35.5. The number of methoxy groups -OCH3 is 1. The van der Waals surface area contributed by atoms with Gasteiger partial charge in [0.1, 0.15) is 23.3 Å². The summed E-state index contributed by atoms with van der Waals surface area (Å²) in [5.74, 6) is 0.961. The van der Waals surface area contributed by atoms with Gasteiger partial charge in [-0.15, -0.1) is 37.2 Å². The van der Waals surface area contributed by atoms with E-state index in [1.807, 2.05) is 42.2 Å². The zero-order chi connectivity index (χ0) is 35.9. The van der Waals surface area contributed by atoms with E-state index in [0.29, 0.717) is 47.2 Å². The van der Waals surface area contributed by atoms with Gasteiger partial charge in [-0.2, -0.15) is 0 Å². The van der Waals surface area contributed by atoms with E-state index in [1.165, 1.54) is 12.0 Å². The van der Waals surface area contributed by atoms with Crippen LogP contribution in [0.15, 0.2) is 73.3 Å². The molecular weight excluding hydrogens is 755 g/mol. The molecule has 3 heterocycles. The number of halogens is 3. The molecular formula is C38H47Cl3N8O5. The molecule has 1 aliphatic rings. The standard InChI is InChI=1S/C38H44N8O5.3ClH/c1-26-12-15-31(33(23-26)51-22-7-5-6-11-34(47)45-20-18-43(2)19-21-45)44(3)37(49)27-13-14-28(32(24-27)50-4)36(48)40-29-9-8-10-30-35(29)42-38(41-30)46-17-16-39-25-46;;;/h8-10,12-17,23-25H,5-7,11,18-22H2,1-4H3,(H,40,48)(H,41,42);3*1H. The Bertz CT molecular complexity index is 2020. The zero-order valence-electron chi connectivity index (χ0n) is 30.7. The van der Waals surface area contributed by atoms with Gasteiger partial charge in [0.05, 0.1) is 36.2 Å². The lowest BCUT2D eigenvalue weighted by Gasteiger charge is -2.32. The number of para-hydroxylation sites is 1. The number of hydrogen-bond acceptors (Lipinski definition) is 8. The Morgan fingerprint density at radius 1 is 0.944 bits per heavy atom. The fraction of sp³-hybridized carbons (Fsp3) is 0.342.